The van der Waals surface area contributed by atoms with Crippen molar-refractivity contribution in [3.63, 3.8) is 0 Å². The Labute approximate surface area is 99.5 Å². The predicted octanol–water partition coefficient (Wildman–Crippen LogP) is 2.52. The lowest BCUT2D eigenvalue weighted by Crippen LogP contribution is -2.39. The van der Waals surface area contributed by atoms with Crippen LogP contribution in [-0.4, -0.2) is 25.8 Å². The molecule has 1 heterocycles. The summed E-state index contributed by atoms with van der Waals surface area (Å²) >= 11 is 11.8. The molecule has 4 heteroatoms. The molecule has 1 aromatic rings. The van der Waals surface area contributed by atoms with Gasteiger partial charge < -0.3 is 10.1 Å². The Morgan fingerprint density at radius 2 is 2.20 bits per heavy atom. The smallest absolute Gasteiger partial charge is 0.0740 e. The fourth-order valence-corrected chi connectivity index (χ4v) is 2.00. The van der Waals surface area contributed by atoms with Crippen LogP contribution in [0.25, 0.3) is 0 Å². The number of benzene rings is 1. The van der Waals surface area contributed by atoms with Crippen molar-refractivity contribution in [1.82, 2.24) is 5.32 Å². The highest BCUT2D eigenvalue weighted by molar-refractivity contribution is 6.42. The summed E-state index contributed by atoms with van der Waals surface area (Å²) in [6.07, 6.45) is 1.13. The molecule has 0 aliphatic carbocycles. The zero-order chi connectivity index (χ0) is 10.7. The highest BCUT2D eigenvalue weighted by Gasteiger charge is 2.14. The highest BCUT2D eigenvalue weighted by atomic mass is 35.5. The van der Waals surface area contributed by atoms with E-state index in [1.54, 1.807) is 0 Å². The minimum absolute atomic E-state index is 0.246. The van der Waals surface area contributed by atoms with Crippen molar-refractivity contribution >= 4 is 23.2 Å². The van der Waals surface area contributed by atoms with E-state index in [1.807, 2.05) is 18.2 Å². The highest BCUT2D eigenvalue weighted by Crippen LogP contribution is 2.23. The van der Waals surface area contributed by atoms with Gasteiger partial charge in [-0.2, -0.15) is 0 Å². The van der Waals surface area contributed by atoms with Crippen LogP contribution in [0.15, 0.2) is 18.2 Å². The van der Waals surface area contributed by atoms with Gasteiger partial charge in [0.2, 0.25) is 0 Å². The maximum Gasteiger partial charge on any atom is 0.0740 e. The molecule has 1 aromatic carbocycles. The van der Waals surface area contributed by atoms with Crippen molar-refractivity contribution in [3.8, 4) is 0 Å². The maximum absolute atomic E-state index is 5.94. The van der Waals surface area contributed by atoms with Gasteiger partial charge in [-0.3, -0.25) is 0 Å². The molecule has 1 aliphatic heterocycles. The first-order chi connectivity index (χ1) is 7.25. The molecular formula is C11H13Cl2NO. The molecule has 1 unspecified atom stereocenters. The monoisotopic (exact) mass is 245 g/mol. The molecule has 1 N–H and O–H groups in total. The van der Waals surface area contributed by atoms with Crippen LogP contribution in [0.1, 0.15) is 5.56 Å². The third-order valence-corrected chi connectivity index (χ3v) is 3.19. The number of rotatable bonds is 2. The zero-order valence-electron chi connectivity index (χ0n) is 8.30. The minimum atomic E-state index is 0.246. The van der Waals surface area contributed by atoms with Gasteiger partial charge in [-0.25, -0.2) is 0 Å². The number of nitrogens with one attached hydrogen (secondary N) is 1. The third kappa shape index (κ3) is 3.08. The van der Waals surface area contributed by atoms with Gasteiger partial charge in [0.1, 0.15) is 0 Å². The number of hydrogen-bond donors (Lipinski definition) is 1. The largest absolute Gasteiger partial charge is 0.375 e. The summed E-state index contributed by atoms with van der Waals surface area (Å²) in [6, 6.07) is 5.73. The zero-order valence-corrected chi connectivity index (χ0v) is 9.81. The lowest BCUT2D eigenvalue weighted by atomic mass is 10.1. The van der Waals surface area contributed by atoms with E-state index in [9.17, 15) is 0 Å². The molecule has 0 bridgehead atoms. The van der Waals surface area contributed by atoms with Gasteiger partial charge in [-0.15, -0.1) is 0 Å². The van der Waals surface area contributed by atoms with Gasteiger partial charge >= 0.3 is 0 Å². The molecule has 1 fully saturated rings. The Morgan fingerprint density at radius 3 is 2.87 bits per heavy atom. The second kappa shape index (κ2) is 5.17. The number of morpholine rings is 1. The summed E-state index contributed by atoms with van der Waals surface area (Å²) < 4.78 is 5.61. The molecule has 15 heavy (non-hydrogen) atoms. The van der Waals surface area contributed by atoms with Crippen molar-refractivity contribution < 1.29 is 4.74 Å². The molecule has 1 atom stereocenters. The Kier molecular flexibility index (Phi) is 3.87. The number of halogens is 2. The van der Waals surface area contributed by atoms with Crippen molar-refractivity contribution in [2.45, 2.75) is 12.5 Å². The quantitative estimate of drug-likeness (QED) is 0.865. The summed E-state index contributed by atoms with van der Waals surface area (Å²) in [5.74, 6) is 0. The van der Waals surface area contributed by atoms with Crippen molar-refractivity contribution in [3.05, 3.63) is 33.8 Å². The van der Waals surface area contributed by atoms with Crippen LogP contribution in [0.4, 0.5) is 0 Å². The summed E-state index contributed by atoms with van der Waals surface area (Å²) in [5.41, 5.74) is 1.16. The SMILES string of the molecule is Clc1ccc(CC2CNCCO2)cc1Cl. The van der Waals surface area contributed by atoms with E-state index in [2.05, 4.69) is 5.32 Å². The molecule has 0 radical (unpaired) electrons. The van der Waals surface area contributed by atoms with Gasteiger partial charge in [0.05, 0.1) is 22.8 Å². The molecule has 0 aromatic heterocycles. The van der Waals surface area contributed by atoms with Crippen molar-refractivity contribution in [2.24, 2.45) is 0 Å². The molecule has 0 spiro atoms. The van der Waals surface area contributed by atoms with Gasteiger partial charge in [0.15, 0.2) is 0 Å². The van der Waals surface area contributed by atoms with E-state index in [0.29, 0.717) is 10.0 Å². The number of ether oxygens (including phenoxy) is 1. The summed E-state index contributed by atoms with van der Waals surface area (Å²) in [6.45, 7) is 2.63. The van der Waals surface area contributed by atoms with E-state index in [0.717, 1.165) is 31.7 Å². The summed E-state index contributed by atoms with van der Waals surface area (Å²) in [7, 11) is 0. The Hall–Kier alpha value is -0.280. The second-order valence-corrected chi connectivity index (χ2v) is 4.46. The summed E-state index contributed by atoms with van der Waals surface area (Å²) in [5, 5.41) is 4.51. The van der Waals surface area contributed by atoms with E-state index in [-0.39, 0.29) is 6.10 Å². The average molecular weight is 246 g/mol. The van der Waals surface area contributed by atoms with E-state index >= 15 is 0 Å². The van der Waals surface area contributed by atoms with Crippen LogP contribution in [0.5, 0.6) is 0 Å². The first kappa shape index (κ1) is 11.2. The lowest BCUT2D eigenvalue weighted by Gasteiger charge is -2.23. The normalized spacial score (nSPS) is 21.6. The van der Waals surface area contributed by atoms with Crippen LogP contribution in [0.3, 0.4) is 0 Å². The standard InChI is InChI=1S/C11H13Cl2NO/c12-10-2-1-8(6-11(10)13)5-9-7-14-3-4-15-9/h1-2,6,9,14H,3-5,7H2. The van der Waals surface area contributed by atoms with Gasteiger partial charge in [0.25, 0.3) is 0 Å². The van der Waals surface area contributed by atoms with Crippen LogP contribution < -0.4 is 5.32 Å². The molecule has 2 nitrogen and oxygen atoms in total. The molecule has 1 aliphatic rings. The van der Waals surface area contributed by atoms with Crippen LogP contribution in [0, 0.1) is 0 Å². The minimum Gasteiger partial charge on any atom is -0.375 e. The van der Waals surface area contributed by atoms with Crippen LogP contribution in [-0.2, 0) is 11.2 Å². The van der Waals surface area contributed by atoms with E-state index in [4.69, 9.17) is 27.9 Å². The van der Waals surface area contributed by atoms with Gasteiger partial charge in [-0.1, -0.05) is 29.3 Å². The molecule has 2 rings (SSSR count). The number of hydrogen-bond acceptors (Lipinski definition) is 2. The van der Waals surface area contributed by atoms with Gasteiger partial charge in [-0.05, 0) is 24.1 Å². The van der Waals surface area contributed by atoms with Crippen molar-refractivity contribution in [1.29, 1.82) is 0 Å². The predicted molar refractivity (Wildman–Crippen MR) is 62.8 cm³/mol. The lowest BCUT2D eigenvalue weighted by molar-refractivity contribution is 0.0292. The van der Waals surface area contributed by atoms with Crippen molar-refractivity contribution in [2.75, 3.05) is 19.7 Å². The first-order valence-electron chi connectivity index (χ1n) is 5.02. The fraction of sp³-hybridized carbons (Fsp3) is 0.455. The molecule has 82 valence electrons. The Balaban J connectivity index is 2.00. The molecule has 0 amide bonds. The Morgan fingerprint density at radius 1 is 1.33 bits per heavy atom. The molecule has 1 saturated heterocycles. The van der Waals surface area contributed by atoms with Crippen LogP contribution in [0.2, 0.25) is 10.0 Å². The molecular weight excluding hydrogens is 233 g/mol. The van der Waals surface area contributed by atoms with Crippen LogP contribution >= 0.6 is 23.2 Å². The second-order valence-electron chi connectivity index (χ2n) is 3.65. The van der Waals surface area contributed by atoms with E-state index in [1.165, 1.54) is 0 Å². The Bertz CT molecular complexity index is 337. The topological polar surface area (TPSA) is 21.3 Å². The van der Waals surface area contributed by atoms with E-state index < -0.39 is 0 Å². The van der Waals surface area contributed by atoms with Gasteiger partial charge in [0, 0.05) is 13.1 Å². The third-order valence-electron chi connectivity index (χ3n) is 2.45. The molecule has 0 saturated carbocycles. The first-order valence-corrected chi connectivity index (χ1v) is 5.77. The maximum atomic E-state index is 5.94. The fourth-order valence-electron chi connectivity index (χ4n) is 1.68. The summed E-state index contributed by atoms with van der Waals surface area (Å²) in [4.78, 5) is 0. The average Bonchev–Trinajstić information content (AvgIpc) is 2.25.